The number of likely N-dealkylation sites (tertiary alicyclic amines) is 1. The van der Waals surface area contributed by atoms with Crippen LogP contribution in [0.15, 0.2) is 41.5 Å². The number of nitrogens with zero attached hydrogens (tertiary/aromatic N) is 3. The molecule has 4 rings (SSSR count). The van der Waals surface area contributed by atoms with Crippen LogP contribution in [-0.2, 0) is 16.1 Å². The van der Waals surface area contributed by atoms with Gasteiger partial charge in [-0.3, -0.25) is 14.2 Å². The Morgan fingerprint density at radius 3 is 2.77 bits per heavy atom. The smallest absolute Gasteiger partial charge is 0.262 e. The molecule has 26 heavy (non-hydrogen) atoms. The van der Waals surface area contributed by atoms with Crippen molar-refractivity contribution < 1.29 is 9.53 Å². The zero-order valence-corrected chi connectivity index (χ0v) is 15.6. The summed E-state index contributed by atoms with van der Waals surface area (Å²) in [4.78, 5) is 32.6. The molecule has 0 saturated carbocycles. The normalized spacial score (nSPS) is 14.6. The number of hydrogen-bond acceptors (Lipinski definition) is 5. The molecule has 0 N–H and O–H groups in total. The van der Waals surface area contributed by atoms with Crippen molar-refractivity contribution in [1.29, 1.82) is 0 Å². The largest absolute Gasteiger partial charge is 0.378 e. The van der Waals surface area contributed by atoms with E-state index < -0.39 is 0 Å². The third kappa shape index (κ3) is 3.13. The highest BCUT2D eigenvalue weighted by Crippen LogP contribution is 2.31. The maximum atomic E-state index is 12.7. The minimum atomic E-state index is -0.205. The van der Waals surface area contributed by atoms with E-state index in [1.54, 1.807) is 12.0 Å². The maximum absolute atomic E-state index is 12.7. The summed E-state index contributed by atoms with van der Waals surface area (Å²) in [6.07, 6.45) is 1.54. The Balaban J connectivity index is 1.60. The van der Waals surface area contributed by atoms with Crippen LogP contribution < -0.4 is 5.56 Å². The Hall–Kier alpha value is -2.22. The number of rotatable bonds is 4. The molecule has 134 valence electrons. The van der Waals surface area contributed by atoms with Crippen molar-refractivity contribution >= 4 is 39.1 Å². The summed E-state index contributed by atoms with van der Waals surface area (Å²) in [5.74, 6) is -0.102. The Kier molecular flexibility index (Phi) is 4.52. The number of thiophene rings is 1. The molecule has 2 aromatic heterocycles. The second kappa shape index (κ2) is 6.83. The van der Waals surface area contributed by atoms with Gasteiger partial charge in [0.1, 0.15) is 11.4 Å². The van der Waals surface area contributed by atoms with E-state index >= 15 is 0 Å². The summed E-state index contributed by atoms with van der Waals surface area (Å²) in [6, 6.07) is 9.26. The summed E-state index contributed by atoms with van der Waals surface area (Å²) < 4.78 is 6.53. The van der Waals surface area contributed by atoms with E-state index in [1.165, 1.54) is 22.2 Å². The van der Waals surface area contributed by atoms with Gasteiger partial charge >= 0.3 is 0 Å². The quantitative estimate of drug-likeness (QED) is 0.688. The van der Waals surface area contributed by atoms with Crippen molar-refractivity contribution in [2.24, 2.45) is 0 Å². The highest BCUT2D eigenvalue weighted by molar-refractivity contribution is 7.21. The molecule has 1 aliphatic rings. The van der Waals surface area contributed by atoms with E-state index in [4.69, 9.17) is 16.3 Å². The SMILES string of the molecule is COC1CN(C(=O)Cn2cnc3sc(-c4ccc(Cl)cc4)cc3c2=O)C1. The monoisotopic (exact) mass is 389 g/mol. The van der Waals surface area contributed by atoms with Gasteiger partial charge in [-0.15, -0.1) is 11.3 Å². The molecular weight excluding hydrogens is 374 g/mol. The fourth-order valence-corrected chi connectivity index (χ4v) is 3.99. The van der Waals surface area contributed by atoms with E-state index in [1.807, 2.05) is 30.3 Å². The van der Waals surface area contributed by atoms with Gasteiger partial charge in [-0.2, -0.15) is 0 Å². The van der Waals surface area contributed by atoms with Crippen LogP contribution in [0.1, 0.15) is 0 Å². The van der Waals surface area contributed by atoms with Crippen molar-refractivity contribution in [2.75, 3.05) is 20.2 Å². The number of hydrogen-bond donors (Lipinski definition) is 0. The molecule has 1 saturated heterocycles. The van der Waals surface area contributed by atoms with Crippen molar-refractivity contribution in [3.63, 3.8) is 0 Å². The number of amides is 1. The van der Waals surface area contributed by atoms with E-state index in [9.17, 15) is 9.59 Å². The molecule has 6 nitrogen and oxygen atoms in total. The number of benzene rings is 1. The van der Waals surface area contributed by atoms with Crippen LogP contribution in [0.2, 0.25) is 5.02 Å². The molecule has 3 aromatic rings. The van der Waals surface area contributed by atoms with Crippen LogP contribution in [-0.4, -0.2) is 46.7 Å². The number of carbonyl (C=O) groups is 1. The molecule has 3 heterocycles. The molecule has 0 spiro atoms. The van der Waals surface area contributed by atoms with Gasteiger partial charge in [-0.1, -0.05) is 23.7 Å². The average molecular weight is 390 g/mol. The van der Waals surface area contributed by atoms with Gasteiger partial charge in [0.15, 0.2) is 0 Å². The fraction of sp³-hybridized carbons (Fsp3) is 0.278. The minimum absolute atomic E-state index is 0.00959. The van der Waals surface area contributed by atoms with E-state index in [2.05, 4.69) is 4.98 Å². The molecule has 0 atom stereocenters. The van der Waals surface area contributed by atoms with Gasteiger partial charge in [0.25, 0.3) is 5.56 Å². The summed E-state index contributed by atoms with van der Waals surface area (Å²) in [5.41, 5.74) is 0.772. The van der Waals surface area contributed by atoms with Crippen molar-refractivity contribution in [3.05, 3.63) is 52.0 Å². The van der Waals surface area contributed by atoms with Gasteiger partial charge < -0.3 is 9.64 Å². The first kappa shape index (κ1) is 17.2. The molecule has 1 fully saturated rings. The standard InChI is InChI=1S/C18H16ClN3O3S/c1-25-13-7-21(8-13)16(23)9-22-10-20-17-14(18(22)24)6-15(26-17)11-2-4-12(19)5-3-11/h2-6,10,13H,7-9H2,1H3. The summed E-state index contributed by atoms with van der Waals surface area (Å²) >= 11 is 7.37. The number of ether oxygens (including phenoxy) is 1. The minimum Gasteiger partial charge on any atom is -0.378 e. The predicted molar refractivity (Wildman–Crippen MR) is 102 cm³/mol. The van der Waals surface area contributed by atoms with Crippen LogP contribution in [0.5, 0.6) is 0 Å². The van der Waals surface area contributed by atoms with E-state index in [0.29, 0.717) is 28.3 Å². The Morgan fingerprint density at radius 1 is 1.35 bits per heavy atom. The molecule has 0 bridgehead atoms. The third-order valence-electron chi connectivity index (χ3n) is 4.49. The van der Waals surface area contributed by atoms with E-state index in [-0.39, 0.29) is 24.1 Å². The van der Waals surface area contributed by atoms with Crippen LogP contribution in [0, 0.1) is 0 Å². The van der Waals surface area contributed by atoms with Gasteiger partial charge in [-0.25, -0.2) is 4.98 Å². The first-order valence-corrected chi connectivity index (χ1v) is 9.30. The van der Waals surface area contributed by atoms with Gasteiger partial charge in [0.2, 0.25) is 5.91 Å². The lowest BCUT2D eigenvalue weighted by Crippen LogP contribution is -2.55. The topological polar surface area (TPSA) is 64.4 Å². The molecule has 0 radical (unpaired) electrons. The predicted octanol–water partition coefficient (Wildman–Crippen LogP) is 2.64. The average Bonchev–Trinajstić information content (AvgIpc) is 3.02. The summed E-state index contributed by atoms with van der Waals surface area (Å²) in [5, 5.41) is 1.18. The highest BCUT2D eigenvalue weighted by Gasteiger charge is 2.30. The Bertz CT molecular complexity index is 1020. The fourth-order valence-electron chi connectivity index (χ4n) is 2.87. The first-order chi connectivity index (χ1) is 12.5. The molecule has 1 aromatic carbocycles. The molecule has 1 aliphatic heterocycles. The van der Waals surface area contributed by atoms with Crippen LogP contribution in [0.4, 0.5) is 0 Å². The second-order valence-corrected chi connectivity index (χ2v) is 7.64. The molecule has 1 amide bonds. The van der Waals surface area contributed by atoms with Crippen molar-refractivity contribution in [2.45, 2.75) is 12.6 Å². The Morgan fingerprint density at radius 2 is 2.08 bits per heavy atom. The lowest BCUT2D eigenvalue weighted by Gasteiger charge is -2.38. The first-order valence-electron chi connectivity index (χ1n) is 8.10. The van der Waals surface area contributed by atoms with Crippen LogP contribution in [0.3, 0.4) is 0 Å². The summed E-state index contributed by atoms with van der Waals surface area (Å²) in [6.45, 7) is 1.13. The van der Waals surface area contributed by atoms with Gasteiger partial charge in [-0.05, 0) is 23.8 Å². The zero-order chi connectivity index (χ0) is 18.3. The highest BCUT2D eigenvalue weighted by atomic mass is 35.5. The third-order valence-corrected chi connectivity index (χ3v) is 5.83. The number of methoxy groups -OCH3 is 1. The van der Waals surface area contributed by atoms with Crippen molar-refractivity contribution in [1.82, 2.24) is 14.5 Å². The number of halogens is 1. The maximum Gasteiger partial charge on any atom is 0.262 e. The molecule has 0 aliphatic carbocycles. The molecule has 0 unspecified atom stereocenters. The van der Waals surface area contributed by atoms with E-state index in [0.717, 1.165) is 10.4 Å². The lowest BCUT2D eigenvalue weighted by atomic mass is 10.1. The summed E-state index contributed by atoms with van der Waals surface area (Å²) in [7, 11) is 1.63. The lowest BCUT2D eigenvalue weighted by molar-refractivity contribution is -0.143. The van der Waals surface area contributed by atoms with Crippen molar-refractivity contribution in [3.8, 4) is 10.4 Å². The number of aromatic nitrogens is 2. The van der Waals surface area contributed by atoms with Crippen LogP contribution in [0.25, 0.3) is 20.7 Å². The van der Waals surface area contributed by atoms with Crippen LogP contribution >= 0.6 is 22.9 Å². The Labute approximate surface area is 158 Å². The molecule has 8 heteroatoms. The number of fused-ring (bicyclic) bond motifs is 1. The number of carbonyl (C=O) groups excluding carboxylic acids is 1. The van der Waals surface area contributed by atoms with Gasteiger partial charge in [0.05, 0.1) is 17.8 Å². The zero-order valence-electron chi connectivity index (χ0n) is 14.0. The second-order valence-electron chi connectivity index (χ2n) is 6.17. The van der Waals surface area contributed by atoms with Gasteiger partial charge in [0, 0.05) is 30.1 Å². The molecular formula is C18H16ClN3O3S.